The number of rotatable bonds is 27. The number of thioether (sulfide) groups is 1. The number of carbonyl (C=O) groups excluding carboxylic acids is 1. The van der Waals surface area contributed by atoms with Crippen LogP contribution in [0.15, 0.2) is 0 Å². The molecule has 1 saturated heterocycles. The molecule has 7 nitrogen and oxygen atoms in total. The molecule has 1 unspecified atom stereocenters. The van der Waals surface area contributed by atoms with Gasteiger partial charge in [-0.15, -0.1) is 0 Å². The van der Waals surface area contributed by atoms with Crippen molar-refractivity contribution in [2.24, 2.45) is 0 Å². The Kier molecular flexibility index (Phi) is 25.9. The fraction of sp³-hybridized carbons (Fsp3) is 0.967. The molecule has 1 rings (SSSR count). The van der Waals surface area contributed by atoms with Gasteiger partial charge in [-0.3, -0.25) is 13.8 Å². The first kappa shape index (κ1) is 38.4. The van der Waals surface area contributed by atoms with E-state index in [0.29, 0.717) is 13.2 Å². The predicted octanol–water partition coefficient (Wildman–Crippen LogP) is 9.94. The normalized spacial score (nSPS) is 19.0. The van der Waals surface area contributed by atoms with Gasteiger partial charge >= 0.3 is 7.82 Å². The van der Waals surface area contributed by atoms with E-state index >= 15 is 0 Å². The maximum Gasteiger partial charge on any atom is 0.472 e. The SMILES string of the molecule is CCCCCCCCCCCCCCCCCNC(=O)S[C@H]1CCCO[C@H]1COP(=O)(O)OCCCCCCBr. The molecular formula is C30H59BrNO6PS. The molecule has 0 aromatic heterocycles. The van der Waals surface area contributed by atoms with Gasteiger partial charge in [0.05, 0.1) is 19.3 Å². The van der Waals surface area contributed by atoms with E-state index in [2.05, 4.69) is 28.2 Å². The summed E-state index contributed by atoms with van der Waals surface area (Å²) < 4.78 is 28.3. The number of hydrogen-bond acceptors (Lipinski definition) is 6. The second kappa shape index (κ2) is 27.0. The third-order valence-corrected chi connectivity index (χ3v) is 10.1. The van der Waals surface area contributed by atoms with Crippen molar-refractivity contribution in [2.75, 3.05) is 31.7 Å². The fourth-order valence-electron chi connectivity index (χ4n) is 4.90. The van der Waals surface area contributed by atoms with Crippen LogP contribution >= 0.6 is 35.5 Å². The average molecular weight is 673 g/mol. The lowest BCUT2D eigenvalue weighted by Gasteiger charge is -2.30. The highest BCUT2D eigenvalue weighted by molar-refractivity contribution is 9.09. The van der Waals surface area contributed by atoms with E-state index in [1.807, 2.05) is 0 Å². The summed E-state index contributed by atoms with van der Waals surface area (Å²) >= 11 is 4.62. The maximum atomic E-state index is 12.5. The number of unbranched alkanes of at least 4 members (excludes halogenated alkanes) is 17. The summed E-state index contributed by atoms with van der Waals surface area (Å²) in [4.78, 5) is 22.5. The van der Waals surface area contributed by atoms with Crippen LogP contribution in [0.25, 0.3) is 0 Å². The molecule has 10 heteroatoms. The molecule has 1 fully saturated rings. The second-order valence-corrected chi connectivity index (χ2v) is 14.5. The molecule has 2 N–H and O–H groups in total. The van der Waals surface area contributed by atoms with Crippen LogP contribution in [0.1, 0.15) is 142 Å². The van der Waals surface area contributed by atoms with Crippen molar-refractivity contribution in [3.05, 3.63) is 0 Å². The molecule has 1 amide bonds. The summed E-state index contributed by atoms with van der Waals surface area (Å²) in [6, 6.07) is 0. The number of halogens is 1. The van der Waals surface area contributed by atoms with Crippen LogP contribution in [0.2, 0.25) is 0 Å². The van der Waals surface area contributed by atoms with Crippen molar-refractivity contribution in [3.8, 4) is 0 Å². The van der Waals surface area contributed by atoms with E-state index in [4.69, 9.17) is 13.8 Å². The minimum atomic E-state index is -4.12. The van der Waals surface area contributed by atoms with Crippen LogP contribution < -0.4 is 5.32 Å². The smallest absolute Gasteiger partial charge is 0.375 e. The first-order valence-corrected chi connectivity index (χ1v) is 19.7. The number of amides is 1. The predicted molar refractivity (Wildman–Crippen MR) is 173 cm³/mol. The quantitative estimate of drug-likeness (QED) is 0.0510. The molecule has 0 aromatic carbocycles. The van der Waals surface area contributed by atoms with Crippen molar-refractivity contribution in [2.45, 2.75) is 153 Å². The van der Waals surface area contributed by atoms with E-state index < -0.39 is 13.9 Å². The number of nitrogens with one attached hydrogen (secondary N) is 1. The van der Waals surface area contributed by atoms with Crippen molar-refractivity contribution in [1.29, 1.82) is 0 Å². The maximum absolute atomic E-state index is 12.5. The molecule has 238 valence electrons. The van der Waals surface area contributed by atoms with E-state index in [0.717, 1.165) is 56.7 Å². The minimum Gasteiger partial charge on any atom is -0.375 e. The summed E-state index contributed by atoms with van der Waals surface area (Å²) in [7, 11) is -4.12. The summed E-state index contributed by atoms with van der Waals surface area (Å²) in [6.45, 7) is 3.67. The number of ether oxygens (including phenoxy) is 1. The molecular weight excluding hydrogens is 613 g/mol. The molecule has 0 aromatic rings. The van der Waals surface area contributed by atoms with E-state index in [9.17, 15) is 14.3 Å². The Morgan fingerprint density at radius 1 is 0.875 bits per heavy atom. The Morgan fingerprint density at radius 2 is 1.43 bits per heavy atom. The summed E-state index contributed by atoms with van der Waals surface area (Å²) in [5.74, 6) is 0. The molecule has 0 aliphatic carbocycles. The van der Waals surface area contributed by atoms with Gasteiger partial charge in [0.1, 0.15) is 0 Å². The van der Waals surface area contributed by atoms with Crippen molar-refractivity contribution in [3.63, 3.8) is 0 Å². The Morgan fingerprint density at radius 3 is 2.02 bits per heavy atom. The van der Waals surface area contributed by atoms with Gasteiger partial charge in [0, 0.05) is 23.7 Å². The third-order valence-electron chi connectivity index (χ3n) is 7.37. The highest BCUT2D eigenvalue weighted by Crippen LogP contribution is 2.44. The molecule has 1 aliphatic rings. The van der Waals surface area contributed by atoms with Crippen molar-refractivity contribution < 1.29 is 28.0 Å². The molecule has 40 heavy (non-hydrogen) atoms. The summed E-state index contributed by atoms with van der Waals surface area (Å²) in [6.07, 6.45) is 25.0. The first-order valence-electron chi connectivity index (χ1n) is 16.2. The topological polar surface area (TPSA) is 94.1 Å². The number of carbonyl (C=O) groups is 1. The Balaban J connectivity index is 2.04. The highest BCUT2D eigenvalue weighted by Gasteiger charge is 2.32. The third kappa shape index (κ3) is 22.9. The van der Waals surface area contributed by atoms with Crippen LogP contribution in [0.3, 0.4) is 0 Å². The van der Waals surface area contributed by atoms with Gasteiger partial charge in [-0.2, -0.15) is 0 Å². The van der Waals surface area contributed by atoms with Crippen molar-refractivity contribution in [1.82, 2.24) is 5.32 Å². The second-order valence-electron chi connectivity index (χ2n) is 11.1. The van der Waals surface area contributed by atoms with Gasteiger partial charge in [0.2, 0.25) is 0 Å². The largest absolute Gasteiger partial charge is 0.472 e. The van der Waals surface area contributed by atoms with Crippen LogP contribution in [0.4, 0.5) is 4.79 Å². The van der Waals surface area contributed by atoms with Gasteiger partial charge in [0.25, 0.3) is 5.24 Å². The average Bonchev–Trinajstić information content (AvgIpc) is 2.94. The van der Waals surface area contributed by atoms with Gasteiger partial charge in [0.15, 0.2) is 0 Å². The Bertz CT molecular complexity index is 647. The summed E-state index contributed by atoms with van der Waals surface area (Å²) in [5, 5.41) is 3.82. The standard InChI is InChI=1S/C30H59BrNO6PS/c1-2-3-4-5-6-7-8-9-10-11-12-13-14-16-19-24-32-30(33)40-29-22-21-25-36-28(29)27-38-39(34,35)37-26-20-17-15-18-23-31/h28-29H,2-27H2,1H3,(H,32,33)(H,34,35)/t28-,29-/m0/s1. The number of hydrogen-bond donors (Lipinski definition) is 2. The van der Waals surface area contributed by atoms with E-state index in [1.165, 1.54) is 95.2 Å². The van der Waals surface area contributed by atoms with Crippen LogP contribution in [-0.4, -0.2) is 53.2 Å². The summed E-state index contributed by atoms with van der Waals surface area (Å²) in [5.41, 5.74) is 0. The van der Waals surface area contributed by atoms with Gasteiger partial charge in [-0.05, 0) is 32.1 Å². The van der Waals surface area contributed by atoms with Gasteiger partial charge < -0.3 is 14.9 Å². The highest BCUT2D eigenvalue weighted by atomic mass is 79.9. The zero-order valence-electron chi connectivity index (χ0n) is 25.3. The lowest BCUT2D eigenvalue weighted by atomic mass is 10.0. The zero-order valence-corrected chi connectivity index (χ0v) is 28.6. The van der Waals surface area contributed by atoms with Gasteiger partial charge in [-0.1, -0.05) is 137 Å². The van der Waals surface area contributed by atoms with Crippen LogP contribution in [0, 0.1) is 0 Å². The molecule has 0 spiro atoms. The molecule has 1 aliphatic heterocycles. The van der Waals surface area contributed by atoms with Crippen molar-refractivity contribution >= 4 is 40.8 Å². The van der Waals surface area contributed by atoms with E-state index in [-0.39, 0.29) is 23.7 Å². The van der Waals surface area contributed by atoms with Crippen LogP contribution in [0.5, 0.6) is 0 Å². The number of alkyl halides is 1. The molecule has 0 radical (unpaired) electrons. The molecule has 1 heterocycles. The molecule has 0 bridgehead atoms. The Hall–Kier alpha value is 0.370. The minimum absolute atomic E-state index is 0.0542. The van der Waals surface area contributed by atoms with Gasteiger partial charge in [-0.25, -0.2) is 4.57 Å². The zero-order chi connectivity index (χ0) is 29.2. The first-order chi connectivity index (χ1) is 19.5. The molecule has 0 saturated carbocycles. The van der Waals surface area contributed by atoms with E-state index in [1.54, 1.807) is 0 Å². The monoisotopic (exact) mass is 671 g/mol. The number of phosphoric ester groups is 1. The lowest BCUT2D eigenvalue weighted by Crippen LogP contribution is -2.37. The Labute approximate surface area is 258 Å². The molecule has 3 atom stereocenters. The lowest BCUT2D eigenvalue weighted by molar-refractivity contribution is -0.0148. The van der Waals surface area contributed by atoms with Crippen LogP contribution in [-0.2, 0) is 18.3 Å². The number of phosphoric acid groups is 1. The fourth-order valence-corrected chi connectivity index (χ4v) is 7.12.